The molecular weight excluding hydrogens is 347 g/mol. The minimum Gasteiger partial charge on any atom is -0.394 e. The number of nitrogens with one attached hydrogen (secondary N) is 3. The lowest BCUT2D eigenvalue weighted by atomic mass is 10.2. The highest BCUT2D eigenvalue weighted by atomic mass is 32.2. The summed E-state index contributed by atoms with van der Waals surface area (Å²) in [5.41, 5.74) is 1.79. The van der Waals surface area contributed by atoms with Crippen molar-refractivity contribution in [2.24, 2.45) is 7.05 Å². The van der Waals surface area contributed by atoms with Crippen molar-refractivity contribution < 1.29 is 14.6 Å². The lowest BCUT2D eigenvalue weighted by Gasteiger charge is -2.15. The molecule has 2 aromatic rings. The Morgan fingerprint density at radius 1 is 1.28 bits per heavy atom. The molecule has 5 N–H and O–H groups in total. The van der Waals surface area contributed by atoms with Gasteiger partial charge in [-0.2, -0.15) is 0 Å². The van der Waals surface area contributed by atoms with Crippen LogP contribution in [0.1, 0.15) is 5.56 Å². The predicted octanol–water partition coefficient (Wildman–Crippen LogP) is 1.49. The molecule has 0 bridgehead atoms. The first-order valence-corrected chi connectivity index (χ1v) is 8.40. The zero-order valence-electron chi connectivity index (χ0n) is 13.9. The van der Waals surface area contributed by atoms with Gasteiger partial charge in [-0.3, -0.25) is 4.79 Å². The van der Waals surface area contributed by atoms with Crippen LogP contribution in [0.15, 0.2) is 35.3 Å². The van der Waals surface area contributed by atoms with Crippen molar-refractivity contribution >= 4 is 29.2 Å². The standard InChI is InChI=1S/C16H21FN4O3S/c1-10-3-4-13(12(17)5-10)19-14-6-16(24)21(2)8-15(14)20-25-18-7-11(23)9-22/h3-6,8,11,18-20,22-23H,7,9H2,1-2H3. The van der Waals surface area contributed by atoms with Gasteiger partial charge in [0, 0.05) is 38.0 Å². The van der Waals surface area contributed by atoms with Crippen molar-refractivity contribution in [2.45, 2.75) is 13.0 Å². The van der Waals surface area contributed by atoms with Crippen LogP contribution in [0.3, 0.4) is 0 Å². The van der Waals surface area contributed by atoms with E-state index in [9.17, 15) is 14.3 Å². The van der Waals surface area contributed by atoms with Gasteiger partial charge in [-0.15, -0.1) is 0 Å². The summed E-state index contributed by atoms with van der Waals surface area (Å²) < 4.78 is 21.3. The minimum atomic E-state index is -0.867. The van der Waals surface area contributed by atoms with Crippen LogP contribution in [0.25, 0.3) is 0 Å². The SMILES string of the molecule is Cc1ccc(Nc2cc(=O)n(C)cc2NSNCC(O)CO)c(F)c1. The summed E-state index contributed by atoms with van der Waals surface area (Å²) in [6.07, 6.45) is 0.710. The number of aliphatic hydroxyl groups is 2. The van der Waals surface area contributed by atoms with Gasteiger partial charge in [0.1, 0.15) is 5.82 Å². The van der Waals surface area contributed by atoms with Crippen molar-refractivity contribution in [3.8, 4) is 0 Å². The van der Waals surface area contributed by atoms with E-state index < -0.39 is 11.9 Å². The van der Waals surface area contributed by atoms with E-state index in [1.165, 1.54) is 16.7 Å². The fourth-order valence-corrected chi connectivity index (χ4v) is 2.60. The molecule has 0 aliphatic rings. The van der Waals surface area contributed by atoms with E-state index in [0.29, 0.717) is 11.4 Å². The summed E-state index contributed by atoms with van der Waals surface area (Å²) in [4.78, 5) is 11.9. The number of nitrogens with zero attached hydrogens (tertiary/aromatic N) is 1. The minimum absolute atomic E-state index is 0.176. The molecule has 0 fully saturated rings. The Kier molecular flexibility index (Phi) is 6.82. The number of aromatic nitrogens is 1. The molecule has 2 rings (SSSR count). The van der Waals surface area contributed by atoms with Crippen LogP contribution in [0.2, 0.25) is 0 Å². The lowest BCUT2D eigenvalue weighted by Crippen LogP contribution is -2.26. The fraction of sp³-hybridized carbons (Fsp3) is 0.312. The smallest absolute Gasteiger partial charge is 0.252 e. The highest BCUT2D eigenvalue weighted by Crippen LogP contribution is 2.27. The summed E-state index contributed by atoms with van der Waals surface area (Å²) in [6, 6.07) is 6.15. The highest BCUT2D eigenvalue weighted by molar-refractivity contribution is 7.98. The molecule has 0 radical (unpaired) electrons. The van der Waals surface area contributed by atoms with Crippen molar-refractivity contribution in [2.75, 3.05) is 23.2 Å². The Balaban J connectivity index is 2.16. The van der Waals surface area contributed by atoms with Crippen LogP contribution in [0.5, 0.6) is 0 Å². The van der Waals surface area contributed by atoms with Crippen molar-refractivity contribution in [1.29, 1.82) is 0 Å². The van der Waals surface area contributed by atoms with Gasteiger partial charge in [0.05, 0.1) is 29.8 Å². The van der Waals surface area contributed by atoms with E-state index in [-0.39, 0.29) is 24.4 Å². The zero-order valence-corrected chi connectivity index (χ0v) is 14.7. The van der Waals surface area contributed by atoms with Gasteiger partial charge in [-0.05, 0) is 24.6 Å². The van der Waals surface area contributed by atoms with Crippen LogP contribution in [0, 0.1) is 12.7 Å². The second kappa shape index (κ2) is 8.86. The average Bonchev–Trinajstić information content (AvgIpc) is 2.57. The van der Waals surface area contributed by atoms with Crippen molar-refractivity contribution in [1.82, 2.24) is 9.29 Å². The Hall–Kier alpha value is -2.07. The molecule has 0 aliphatic carbocycles. The van der Waals surface area contributed by atoms with Gasteiger partial charge in [0.2, 0.25) is 0 Å². The van der Waals surface area contributed by atoms with E-state index in [1.807, 2.05) is 0 Å². The van der Waals surface area contributed by atoms with Gasteiger partial charge in [-0.1, -0.05) is 6.07 Å². The van der Waals surface area contributed by atoms with Crippen LogP contribution in [-0.4, -0.2) is 34.0 Å². The van der Waals surface area contributed by atoms with Crippen molar-refractivity contribution in [3.05, 3.63) is 52.2 Å². The topological polar surface area (TPSA) is 98.6 Å². The highest BCUT2D eigenvalue weighted by Gasteiger charge is 2.09. The van der Waals surface area contributed by atoms with Crippen LogP contribution in [0.4, 0.5) is 21.5 Å². The number of hydrogen-bond acceptors (Lipinski definition) is 7. The Morgan fingerprint density at radius 3 is 2.72 bits per heavy atom. The number of rotatable bonds is 8. The van der Waals surface area contributed by atoms with Gasteiger partial charge in [0.15, 0.2) is 0 Å². The molecule has 1 unspecified atom stereocenters. The van der Waals surface area contributed by atoms with Crippen LogP contribution >= 0.6 is 12.1 Å². The van der Waals surface area contributed by atoms with E-state index in [0.717, 1.165) is 17.7 Å². The van der Waals surface area contributed by atoms with Gasteiger partial charge >= 0.3 is 0 Å². The molecular formula is C16H21FN4O3S. The first-order valence-electron chi connectivity index (χ1n) is 7.58. The molecule has 0 spiro atoms. The summed E-state index contributed by atoms with van der Waals surface area (Å²) in [6.45, 7) is 1.63. The molecule has 9 heteroatoms. The fourth-order valence-electron chi connectivity index (χ4n) is 1.97. The Bertz CT molecular complexity index is 784. The number of anilines is 3. The quantitative estimate of drug-likeness (QED) is 0.356. The molecule has 0 aliphatic heterocycles. The first-order chi connectivity index (χ1) is 11.9. The molecule has 0 saturated heterocycles. The molecule has 25 heavy (non-hydrogen) atoms. The van der Waals surface area contributed by atoms with E-state index in [2.05, 4.69) is 14.8 Å². The van der Waals surface area contributed by atoms with Crippen molar-refractivity contribution in [3.63, 3.8) is 0 Å². The first kappa shape index (κ1) is 19.3. The third-order valence-corrected chi connectivity index (χ3v) is 4.02. The second-order valence-electron chi connectivity index (χ2n) is 5.55. The Morgan fingerprint density at radius 2 is 2.04 bits per heavy atom. The number of aryl methyl sites for hydroxylation is 2. The third-order valence-electron chi connectivity index (χ3n) is 3.39. The monoisotopic (exact) mass is 368 g/mol. The number of benzene rings is 1. The van der Waals surface area contributed by atoms with E-state index >= 15 is 0 Å². The molecule has 1 aromatic heterocycles. The van der Waals surface area contributed by atoms with E-state index in [4.69, 9.17) is 5.11 Å². The third kappa shape index (κ3) is 5.46. The largest absolute Gasteiger partial charge is 0.394 e. The molecule has 136 valence electrons. The number of hydrogen-bond donors (Lipinski definition) is 5. The average molecular weight is 368 g/mol. The molecule has 0 saturated carbocycles. The summed E-state index contributed by atoms with van der Waals surface area (Å²) in [5, 5.41) is 21.0. The molecule has 7 nitrogen and oxygen atoms in total. The Labute approximate surface area is 149 Å². The van der Waals surface area contributed by atoms with Crippen LogP contribution in [-0.2, 0) is 7.05 Å². The maximum atomic E-state index is 14.0. The molecule has 1 heterocycles. The van der Waals surface area contributed by atoms with Gasteiger partial charge in [0.25, 0.3) is 5.56 Å². The van der Waals surface area contributed by atoms with Crippen LogP contribution < -0.4 is 20.3 Å². The summed E-state index contributed by atoms with van der Waals surface area (Å²) in [5.74, 6) is -0.413. The summed E-state index contributed by atoms with van der Waals surface area (Å²) >= 11 is 1.08. The summed E-state index contributed by atoms with van der Waals surface area (Å²) in [7, 11) is 1.61. The number of pyridine rings is 1. The van der Waals surface area contributed by atoms with E-state index in [1.54, 1.807) is 32.3 Å². The predicted molar refractivity (Wildman–Crippen MR) is 98.4 cm³/mol. The maximum Gasteiger partial charge on any atom is 0.252 e. The lowest BCUT2D eigenvalue weighted by molar-refractivity contribution is 0.0994. The van der Waals surface area contributed by atoms with Gasteiger partial charge < -0.3 is 24.8 Å². The van der Waals surface area contributed by atoms with Gasteiger partial charge in [-0.25, -0.2) is 9.11 Å². The number of halogens is 1. The normalized spacial score (nSPS) is 12.0. The molecule has 1 aromatic carbocycles. The number of aliphatic hydroxyl groups excluding tert-OH is 2. The molecule has 0 amide bonds. The second-order valence-corrected chi connectivity index (χ2v) is 6.24. The zero-order chi connectivity index (χ0) is 18.4. The molecule has 1 atom stereocenters. The maximum absolute atomic E-state index is 14.0.